The number of guanidine groups is 1. The summed E-state index contributed by atoms with van der Waals surface area (Å²) < 4.78 is 5.46. The monoisotopic (exact) mass is 432 g/mol. The summed E-state index contributed by atoms with van der Waals surface area (Å²) in [5.41, 5.74) is 4.41. The Kier molecular flexibility index (Phi) is 7.99. The van der Waals surface area contributed by atoms with E-state index in [1.165, 1.54) is 5.69 Å². The maximum absolute atomic E-state index is 6.58. The minimum Gasteiger partial charge on any atom is -0.369 e. The molecule has 30 heavy (non-hydrogen) atoms. The molecule has 0 spiro atoms. The molecule has 0 bridgehead atoms. The van der Waals surface area contributed by atoms with Crippen LogP contribution in [-0.4, -0.2) is 56.3 Å². The van der Waals surface area contributed by atoms with Crippen LogP contribution >= 0.6 is 11.6 Å². The topological polar surface area (TPSA) is 68.9 Å². The summed E-state index contributed by atoms with van der Waals surface area (Å²) in [6.45, 7) is 9.52. The van der Waals surface area contributed by atoms with Crippen LogP contribution < -0.4 is 15.5 Å². The largest absolute Gasteiger partial charge is 0.369 e. The molecule has 0 amide bonds. The van der Waals surface area contributed by atoms with Crippen LogP contribution in [0.3, 0.4) is 0 Å². The van der Waals surface area contributed by atoms with E-state index in [1.807, 2.05) is 12.1 Å². The SMILES string of the molecule is CCc1noc(CC)c1CNC(=NC)NCc1c(Cl)cccc1N1CCN(C)CC1. The Morgan fingerprint density at radius 2 is 1.80 bits per heavy atom. The summed E-state index contributed by atoms with van der Waals surface area (Å²) in [5, 5.41) is 11.8. The van der Waals surface area contributed by atoms with Gasteiger partial charge in [0.1, 0.15) is 5.76 Å². The molecule has 8 heteroatoms. The molecule has 2 aromatic rings. The number of anilines is 1. The second-order valence-corrected chi connectivity index (χ2v) is 7.95. The van der Waals surface area contributed by atoms with Gasteiger partial charge in [-0.2, -0.15) is 0 Å². The number of hydrogen-bond acceptors (Lipinski definition) is 5. The molecular formula is C22H33ClN6O. The van der Waals surface area contributed by atoms with Gasteiger partial charge in [0, 0.05) is 74.6 Å². The molecule has 164 valence electrons. The van der Waals surface area contributed by atoms with Crippen molar-refractivity contribution in [3.05, 3.63) is 45.8 Å². The van der Waals surface area contributed by atoms with Crippen molar-refractivity contribution in [1.82, 2.24) is 20.7 Å². The van der Waals surface area contributed by atoms with Gasteiger partial charge in [0.05, 0.1) is 5.69 Å². The summed E-state index contributed by atoms with van der Waals surface area (Å²) >= 11 is 6.58. The Hall–Kier alpha value is -2.25. The molecule has 0 aliphatic carbocycles. The van der Waals surface area contributed by atoms with E-state index in [9.17, 15) is 0 Å². The van der Waals surface area contributed by atoms with Crippen LogP contribution in [0.2, 0.25) is 5.02 Å². The van der Waals surface area contributed by atoms with Gasteiger partial charge in [-0.1, -0.05) is 36.7 Å². The maximum Gasteiger partial charge on any atom is 0.191 e. The van der Waals surface area contributed by atoms with E-state index in [-0.39, 0.29) is 0 Å². The lowest BCUT2D eigenvalue weighted by molar-refractivity contribution is 0.312. The zero-order valence-electron chi connectivity index (χ0n) is 18.5. The number of nitrogens with one attached hydrogen (secondary N) is 2. The number of aryl methyl sites for hydroxylation is 2. The van der Waals surface area contributed by atoms with Crippen LogP contribution in [0.15, 0.2) is 27.7 Å². The van der Waals surface area contributed by atoms with Gasteiger partial charge in [0.2, 0.25) is 0 Å². The Bertz CT molecular complexity index is 836. The van der Waals surface area contributed by atoms with Gasteiger partial charge < -0.3 is 25.0 Å². The fraction of sp³-hybridized carbons (Fsp3) is 0.545. The highest BCUT2D eigenvalue weighted by atomic mass is 35.5. The van der Waals surface area contributed by atoms with Gasteiger partial charge in [-0.05, 0) is 25.6 Å². The first kappa shape index (κ1) is 22.4. The number of nitrogens with zero attached hydrogens (tertiary/aromatic N) is 4. The van der Waals surface area contributed by atoms with Crippen LogP contribution in [0.1, 0.15) is 36.4 Å². The standard InChI is InChI=1S/C22H33ClN6O/c1-5-19-17(21(6-2)30-27-19)15-26-22(24-3)25-14-16-18(23)8-7-9-20(16)29-12-10-28(4)11-13-29/h7-9H,5-6,10-15H2,1-4H3,(H2,24,25,26). The van der Waals surface area contributed by atoms with E-state index in [4.69, 9.17) is 16.1 Å². The third kappa shape index (κ3) is 5.26. The minimum atomic E-state index is 0.603. The maximum atomic E-state index is 6.58. The molecule has 1 aliphatic heterocycles. The summed E-state index contributed by atoms with van der Waals surface area (Å²) in [6, 6.07) is 6.13. The minimum absolute atomic E-state index is 0.603. The Morgan fingerprint density at radius 3 is 2.43 bits per heavy atom. The third-order valence-electron chi connectivity index (χ3n) is 5.63. The molecule has 3 rings (SSSR count). The number of halogens is 1. The lowest BCUT2D eigenvalue weighted by Gasteiger charge is -2.35. The molecule has 7 nitrogen and oxygen atoms in total. The quantitative estimate of drug-likeness (QED) is 0.517. The Balaban J connectivity index is 1.66. The fourth-order valence-corrected chi connectivity index (χ4v) is 4.00. The number of benzene rings is 1. The highest BCUT2D eigenvalue weighted by Crippen LogP contribution is 2.28. The second-order valence-electron chi connectivity index (χ2n) is 7.55. The summed E-state index contributed by atoms with van der Waals surface area (Å²) in [5.74, 6) is 1.66. The number of aromatic nitrogens is 1. The van der Waals surface area contributed by atoms with Crippen molar-refractivity contribution in [3.63, 3.8) is 0 Å². The molecule has 2 N–H and O–H groups in total. The first-order valence-corrected chi connectivity index (χ1v) is 11.1. The molecule has 1 saturated heterocycles. The van der Waals surface area contributed by atoms with Crippen LogP contribution in [0.5, 0.6) is 0 Å². The fourth-order valence-electron chi connectivity index (χ4n) is 3.77. The van der Waals surface area contributed by atoms with Gasteiger partial charge in [0.15, 0.2) is 5.96 Å². The third-order valence-corrected chi connectivity index (χ3v) is 5.99. The molecule has 0 atom stereocenters. The van der Waals surface area contributed by atoms with Crippen molar-refractivity contribution in [2.24, 2.45) is 4.99 Å². The first-order valence-electron chi connectivity index (χ1n) is 10.7. The molecule has 1 aromatic heterocycles. The molecule has 1 aromatic carbocycles. The number of likely N-dealkylation sites (N-methyl/N-ethyl adjacent to an activating group) is 1. The average Bonchev–Trinajstić information content (AvgIpc) is 3.17. The normalized spacial score (nSPS) is 15.5. The van der Waals surface area contributed by atoms with Gasteiger partial charge in [-0.3, -0.25) is 4.99 Å². The van der Waals surface area contributed by atoms with Crippen molar-refractivity contribution < 1.29 is 4.52 Å². The Morgan fingerprint density at radius 1 is 1.10 bits per heavy atom. The first-order chi connectivity index (χ1) is 14.6. The lowest BCUT2D eigenvalue weighted by Crippen LogP contribution is -2.45. The van der Waals surface area contributed by atoms with Crippen molar-refractivity contribution in [2.75, 3.05) is 45.2 Å². The molecule has 0 radical (unpaired) electrons. The zero-order valence-corrected chi connectivity index (χ0v) is 19.2. The zero-order chi connectivity index (χ0) is 21.5. The van der Waals surface area contributed by atoms with E-state index in [2.05, 4.69) is 57.5 Å². The van der Waals surface area contributed by atoms with Gasteiger partial charge in [-0.15, -0.1) is 0 Å². The average molecular weight is 433 g/mol. The molecule has 0 saturated carbocycles. The highest BCUT2D eigenvalue weighted by molar-refractivity contribution is 6.31. The van der Waals surface area contributed by atoms with Crippen LogP contribution in [0, 0.1) is 0 Å². The molecule has 0 unspecified atom stereocenters. The Labute approximate surface area is 184 Å². The highest BCUT2D eigenvalue weighted by Gasteiger charge is 2.19. The van der Waals surface area contributed by atoms with E-state index < -0.39 is 0 Å². The van der Waals surface area contributed by atoms with E-state index in [0.29, 0.717) is 13.1 Å². The van der Waals surface area contributed by atoms with Gasteiger partial charge >= 0.3 is 0 Å². The lowest BCUT2D eigenvalue weighted by atomic mass is 10.1. The van der Waals surface area contributed by atoms with Crippen molar-refractivity contribution in [3.8, 4) is 0 Å². The van der Waals surface area contributed by atoms with Crippen molar-refractivity contribution in [1.29, 1.82) is 0 Å². The number of aliphatic imine (C=N–C) groups is 1. The number of rotatable bonds is 7. The van der Waals surface area contributed by atoms with E-state index in [0.717, 1.165) is 72.6 Å². The second kappa shape index (κ2) is 10.7. The molecule has 1 fully saturated rings. The smallest absolute Gasteiger partial charge is 0.191 e. The van der Waals surface area contributed by atoms with Gasteiger partial charge in [-0.25, -0.2) is 0 Å². The van der Waals surface area contributed by atoms with Gasteiger partial charge in [0.25, 0.3) is 0 Å². The van der Waals surface area contributed by atoms with Crippen LogP contribution in [0.4, 0.5) is 5.69 Å². The summed E-state index contributed by atoms with van der Waals surface area (Å²) in [7, 11) is 3.94. The predicted octanol–water partition coefficient (Wildman–Crippen LogP) is 3.07. The van der Waals surface area contributed by atoms with E-state index >= 15 is 0 Å². The molecule has 1 aliphatic rings. The summed E-state index contributed by atoms with van der Waals surface area (Å²) in [6.07, 6.45) is 1.67. The molecule has 2 heterocycles. The van der Waals surface area contributed by atoms with Crippen LogP contribution in [-0.2, 0) is 25.9 Å². The number of hydrogen-bond donors (Lipinski definition) is 2. The van der Waals surface area contributed by atoms with Crippen LogP contribution in [0.25, 0.3) is 0 Å². The predicted molar refractivity (Wildman–Crippen MR) is 123 cm³/mol. The van der Waals surface area contributed by atoms with Crippen molar-refractivity contribution in [2.45, 2.75) is 39.8 Å². The molecular weight excluding hydrogens is 400 g/mol. The van der Waals surface area contributed by atoms with E-state index in [1.54, 1.807) is 7.05 Å². The van der Waals surface area contributed by atoms with Crippen molar-refractivity contribution >= 4 is 23.2 Å². The number of piperazine rings is 1. The summed E-state index contributed by atoms with van der Waals surface area (Å²) in [4.78, 5) is 9.14.